The summed E-state index contributed by atoms with van der Waals surface area (Å²) in [5.74, 6) is -1.49. The molecular weight excluding hydrogens is 421 g/mol. The Kier molecular flexibility index (Phi) is 5.57. The van der Waals surface area contributed by atoms with Crippen LogP contribution in [0.25, 0.3) is 5.52 Å². The van der Waals surface area contributed by atoms with Crippen molar-refractivity contribution in [3.63, 3.8) is 0 Å². The standard InChI is InChI=1S/C23H17Cl2N3O2/c1-14-5-7-15(8-6-14)10-16-11-17(20-4-2-3-9-28(16)20)22(29)23(30)27-21-18(24)12-26-13-19(21)25/h2-9,11-13H,10H2,1H3,(H,26,27,30). The van der Waals surface area contributed by atoms with Crippen LogP contribution in [0.4, 0.5) is 5.69 Å². The minimum atomic E-state index is -0.816. The van der Waals surface area contributed by atoms with E-state index in [-0.39, 0.29) is 15.7 Å². The second kappa shape index (κ2) is 8.30. The minimum Gasteiger partial charge on any atom is -0.320 e. The Morgan fingerprint density at radius 1 is 1.03 bits per heavy atom. The average molecular weight is 438 g/mol. The number of nitrogens with one attached hydrogen (secondary N) is 1. The second-order valence-electron chi connectivity index (χ2n) is 6.93. The molecule has 7 heteroatoms. The lowest BCUT2D eigenvalue weighted by atomic mass is 10.1. The van der Waals surface area contributed by atoms with E-state index in [0.717, 1.165) is 11.3 Å². The first-order valence-corrected chi connectivity index (χ1v) is 9.99. The topological polar surface area (TPSA) is 63.5 Å². The van der Waals surface area contributed by atoms with Gasteiger partial charge in [-0.3, -0.25) is 14.6 Å². The molecule has 0 aliphatic rings. The molecule has 4 aromatic rings. The molecular formula is C23H17Cl2N3O2. The van der Waals surface area contributed by atoms with E-state index in [9.17, 15) is 9.59 Å². The summed E-state index contributed by atoms with van der Waals surface area (Å²) in [5, 5.41) is 2.82. The number of aryl methyl sites for hydroxylation is 1. The summed E-state index contributed by atoms with van der Waals surface area (Å²) in [6.07, 6.45) is 5.20. The van der Waals surface area contributed by atoms with Crippen LogP contribution >= 0.6 is 23.2 Å². The molecule has 5 nitrogen and oxygen atoms in total. The van der Waals surface area contributed by atoms with Crippen LogP contribution in [0, 0.1) is 6.92 Å². The summed E-state index contributed by atoms with van der Waals surface area (Å²) in [7, 11) is 0. The molecule has 1 N–H and O–H groups in total. The fourth-order valence-corrected chi connectivity index (χ4v) is 3.74. The molecule has 150 valence electrons. The lowest BCUT2D eigenvalue weighted by Crippen LogP contribution is -2.23. The molecule has 0 aliphatic carbocycles. The summed E-state index contributed by atoms with van der Waals surface area (Å²) in [5.41, 5.74) is 4.34. The van der Waals surface area contributed by atoms with E-state index in [0.29, 0.717) is 17.5 Å². The number of hydrogen-bond acceptors (Lipinski definition) is 3. The number of rotatable bonds is 5. The molecule has 0 radical (unpaired) electrons. The maximum absolute atomic E-state index is 13.0. The van der Waals surface area contributed by atoms with Crippen molar-refractivity contribution in [1.82, 2.24) is 9.38 Å². The predicted molar refractivity (Wildman–Crippen MR) is 119 cm³/mol. The van der Waals surface area contributed by atoms with Crippen molar-refractivity contribution in [2.75, 3.05) is 5.32 Å². The summed E-state index contributed by atoms with van der Waals surface area (Å²) in [4.78, 5) is 29.5. The van der Waals surface area contributed by atoms with Crippen molar-refractivity contribution >= 4 is 46.1 Å². The van der Waals surface area contributed by atoms with Crippen LogP contribution in [-0.4, -0.2) is 21.1 Å². The Hall–Kier alpha value is -3.15. The number of carbonyl (C=O) groups excluding carboxylic acids is 2. The smallest absolute Gasteiger partial charge is 0.296 e. The van der Waals surface area contributed by atoms with Gasteiger partial charge in [0.15, 0.2) is 0 Å². The van der Waals surface area contributed by atoms with Gasteiger partial charge in [-0.25, -0.2) is 0 Å². The average Bonchev–Trinajstić information content (AvgIpc) is 3.10. The SMILES string of the molecule is Cc1ccc(Cc2cc(C(=O)C(=O)Nc3c(Cl)cncc3Cl)c3ccccn23)cc1. The lowest BCUT2D eigenvalue weighted by molar-refractivity contribution is -0.112. The van der Waals surface area contributed by atoms with E-state index in [2.05, 4.69) is 22.4 Å². The number of ketones is 1. The second-order valence-corrected chi connectivity index (χ2v) is 7.74. The molecule has 1 aromatic carbocycles. The zero-order valence-electron chi connectivity index (χ0n) is 16.0. The van der Waals surface area contributed by atoms with Gasteiger partial charge >= 0.3 is 0 Å². The van der Waals surface area contributed by atoms with Gasteiger partial charge in [0.25, 0.3) is 11.7 Å². The lowest BCUT2D eigenvalue weighted by Gasteiger charge is -2.07. The molecule has 0 fully saturated rings. The van der Waals surface area contributed by atoms with Crippen molar-refractivity contribution in [2.24, 2.45) is 0 Å². The number of amides is 1. The molecule has 0 unspecified atom stereocenters. The highest BCUT2D eigenvalue weighted by atomic mass is 35.5. The maximum Gasteiger partial charge on any atom is 0.296 e. The molecule has 0 aliphatic heterocycles. The molecule has 30 heavy (non-hydrogen) atoms. The predicted octanol–water partition coefficient (Wildman–Crippen LogP) is 5.36. The van der Waals surface area contributed by atoms with E-state index in [1.807, 2.05) is 47.9 Å². The third-order valence-electron chi connectivity index (χ3n) is 4.80. The van der Waals surface area contributed by atoms with Gasteiger partial charge in [-0.15, -0.1) is 0 Å². The number of nitrogens with zero attached hydrogens (tertiary/aromatic N) is 2. The largest absolute Gasteiger partial charge is 0.320 e. The summed E-state index contributed by atoms with van der Waals surface area (Å²) >= 11 is 12.1. The maximum atomic E-state index is 13.0. The zero-order chi connectivity index (χ0) is 21.3. The van der Waals surface area contributed by atoms with Crippen molar-refractivity contribution in [3.05, 3.63) is 99.6 Å². The molecule has 1 amide bonds. The fraction of sp³-hybridized carbons (Fsp3) is 0.0870. The van der Waals surface area contributed by atoms with E-state index in [1.54, 1.807) is 6.07 Å². The van der Waals surface area contributed by atoms with Gasteiger partial charge in [-0.1, -0.05) is 59.1 Å². The number of halogens is 2. The van der Waals surface area contributed by atoms with Crippen LogP contribution in [0.3, 0.4) is 0 Å². The van der Waals surface area contributed by atoms with Crippen LogP contribution in [0.5, 0.6) is 0 Å². The Morgan fingerprint density at radius 3 is 2.43 bits per heavy atom. The number of Topliss-reactive ketones (excluding diaryl/α,β-unsaturated/α-hetero) is 1. The first-order chi connectivity index (χ1) is 14.4. The van der Waals surface area contributed by atoms with Gasteiger partial charge in [-0.2, -0.15) is 0 Å². The summed E-state index contributed by atoms with van der Waals surface area (Å²) in [6.45, 7) is 2.03. The van der Waals surface area contributed by atoms with Crippen molar-refractivity contribution in [2.45, 2.75) is 13.3 Å². The summed E-state index contributed by atoms with van der Waals surface area (Å²) in [6, 6.07) is 15.5. The van der Waals surface area contributed by atoms with Crippen molar-refractivity contribution in [1.29, 1.82) is 0 Å². The summed E-state index contributed by atoms with van der Waals surface area (Å²) < 4.78 is 1.92. The minimum absolute atomic E-state index is 0.158. The number of fused-ring (bicyclic) bond motifs is 1. The highest BCUT2D eigenvalue weighted by molar-refractivity contribution is 6.49. The number of hydrogen-bond donors (Lipinski definition) is 1. The fourth-order valence-electron chi connectivity index (χ4n) is 3.28. The van der Waals surface area contributed by atoms with Crippen molar-refractivity contribution < 1.29 is 9.59 Å². The highest BCUT2D eigenvalue weighted by Crippen LogP contribution is 2.29. The Bertz CT molecular complexity index is 1240. The zero-order valence-corrected chi connectivity index (χ0v) is 17.5. The number of carbonyl (C=O) groups is 2. The quantitative estimate of drug-likeness (QED) is 0.337. The molecule has 3 heterocycles. The molecule has 0 saturated heterocycles. The Morgan fingerprint density at radius 2 is 1.73 bits per heavy atom. The van der Waals surface area contributed by atoms with Gasteiger partial charge in [0.2, 0.25) is 0 Å². The van der Waals surface area contributed by atoms with Gasteiger partial charge in [-0.05, 0) is 30.7 Å². The first kappa shape index (κ1) is 20.1. The van der Waals surface area contributed by atoms with E-state index >= 15 is 0 Å². The molecule has 0 bridgehead atoms. The van der Waals surface area contributed by atoms with Gasteiger partial charge < -0.3 is 9.72 Å². The molecule has 4 rings (SSSR count). The molecule has 3 aromatic heterocycles. The Labute approximate surface area is 183 Å². The van der Waals surface area contributed by atoms with E-state index in [4.69, 9.17) is 23.2 Å². The van der Waals surface area contributed by atoms with Crippen LogP contribution in [0.2, 0.25) is 10.0 Å². The monoisotopic (exact) mass is 437 g/mol. The van der Waals surface area contributed by atoms with Crippen LogP contribution < -0.4 is 5.32 Å². The Balaban J connectivity index is 1.67. The van der Waals surface area contributed by atoms with Crippen LogP contribution in [0.15, 0.2) is 67.1 Å². The third-order valence-corrected chi connectivity index (χ3v) is 5.38. The number of aromatic nitrogens is 2. The first-order valence-electron chi connectivity index (χ1n) is 9.23. The number of anilines is 1. The highest BCUT2D eigenvalue weighted by Gasteiger charge is 2.23. The van der Waals surface area contributed by atoms with E-state index < -0.39 is 11.7 Å². The number of benzene rings is 1. The number of pyridine rings is 2. The van der Waals surface area contributed by atoms with E-state index in [1.165, 1.54) is 18.0 Å². The van der Waals surface area contributed by atoms with Gasteiger partial charge in [0, 0.05) is 30.7 Å². The molecule has 0 atom stereocenters. The van der Waals surface area contributed by atoms with Crippen molar-refractivity contribution in [3.8, 4) is 0 Å². The normalized spacial score (nSPS) is 10.9. The molecule has 0 spiro atoms. The molecule has 0 saturated carbocycles. The van der Waals surface area contributed by atoms with Gasteiger partial charge in [0.1, 0.15) is 0 Å². The van der Waals surface area contributed by atoms with Crippen LogP contribution in [0.1, 0.15) is 27.2 Å². The van der Waals surface area contributed by atoms with Gasteiger partial charge in [0.05, 0.1) is 26.8 Å². The van der Waals surface area contributed by atoms with Crippen LogP contribution in [-0.2, 0) is 11.2 Å². The third kappa shape index (κ3) is 3.95.